The highest BCUT2D eigenvalue weighted by Crippen LogP contribution is 2.18. The lowest BCUT2D eigenvalue weighted by atomic mass is 10.0. The number of ether oxygens (including phenoxy) is 3. The molecule has 0 aromatic carbocycles. The van der Waals surface area contributed by atoms with Crippen molar-refractivity contribution in [1.29, 1.82) is 0 Å². The molecule has 6 heteroatoms. The molecule has 0 aliphatic carbocycles. The van der Waals surface area contributed by atoms with E-state index in [-0.39, 0.29) is 31.1 Å². The van der Waals surface area contributed by atoms with Crippen LogP contribution in [-0.2, 0) is 28.6 Å². The largest absolute Gasteiger partial charge is 0.462 e. The lowest BCUT2D eigenvalue weighted by molar-refractivity contribution is -0.167. The highest BCUT2D eigenvalue weighted by Gasteiger charge is 2.19. The third-order valence-electron chi connectivity index (χ3n) is 13.0. The van der Waals surface area contributed by atoms with E-state index < -0.39 is 6.10 Å². The van der Waals surface area contributed by atoms with Gasteiger partial charge in [-0.2, -0.15) is 0 Å². The average molecular weight is 892 g/mol. The third kappa shape index (κ3) is 51.3. The van der Waals surface area contributed by atoms with E-state index in [4.69, 9.17) is 14.2 Å². The van der Waals surface area contributed by atoms with Crippen LogP contribution in [0.3, 0.4) is 0 Å². The van der Waals surface area contributed by atoms with Crippen molar-refractivity contribution in [3.63, 3.8) is 0 Å². The first kappa shape index (κ1) is 61.4. The van der Waals surface area contributed by atoms with Crippen LogP contribution in [0.25, 0.3) is 0 Å². The van der Waals surface area contributed by atoms with E-state index in [0.29, 0.717) is 19.3 Å². The Morgan fingerprint density at radius 3 is 0.778 bits per heavy atom. The number of carbonyl (C=O) groups excluding carboxylic acids is 3. The summed E-state index contributed by atoms with van der Waals surface area (Å²) in [6.45, 7) is 9.05. The zero-order chi connectivity index (χ0) is 45.9. The second-order valence-corrected chi connectivity index (χ2v) is 20.1. The fourth-order valence-corrected chi connectivity index (χ4v) is 8.75. The summed E-state index contributed by atoms with van der Waals surface area (Å²) in [6, 6.07) is 0. The maximum atomic E-state index is 12.8. The summed E-state index contributed by atoms with van der Waals surface area (Å²) in [7, 11) is 0. The molecule has 63 heavy (non-hydrogen) atoms. The summed E-state index contributed by atoms with van der Waals surface area (Å²) in [5, 5.41) is 0. The van der Waals surface area contributed by atoms with Gasteiger partial charge in [0.15, 0.2) is 6.10 Å². The first-order valence-corrected chi connectivity index (χ1v) is 28.4. The van der Waals surface area contributed by atoms with Crippen LogP contribution >= 0.6 is 0 Å². The van der Waals surface area contributed by atoms with Crippen LogP contribution in [0.15, 0.2) is 0 Å². The highest BCUT2D eigenvalue weighted by atomic mass is 16.6. The van der Waals surface area contributed by atoms with Gasteiger partial charge in [0.2, 0.25) is 0 Å². The molecule has 0 aliphatic heterocycles. The predicted octanol–water partition coefficient (Wildman–Crippen LogP) is 18.6. The SMILES string of the molecule is CCCCCCCCCCCCCCCCCCC(=O)O[C@H](COC(=O)CCCCCCCCCCCC)COC(=O)CCCCCCCCCCCCCCCCCCC(C)C. The minimum absolute atomic E-state index is 0.0620. The van der Waals surface area contributed by atoms with Crippen molar-refractivity contribution in [1.82, 2.24) is 0 Å². The number of unbranched alkanes of at least 4 members (excludes halogenated alkanes) is 39. The zero-order valence-corrected chi connectivity index (χ0v) is 43.0. The highest BCUT2D eigenvalue weighted by molar-refractivity contribution is 5.71. The lowest BCUT2D eigenvalue weighted by Crippen LogP contribution is -2.30. The van der Waals surface area contributed by atoms with E-state index in [2.05, 4.69) is 27.7 Å². The molecule has 0 aromatic rings. The van der Waals surface area contributed by atoms with E-state index in [9.17, 15) is 14.4 Å². The van der Waals surface area contributed by atoms with Gasteiger partial charge in [-0.15, -0.1) is 0 Å². The van der Waals surface area contributed by atoms with Gasteiger partial charge in [0.25, 0.3) is 0 Å². The number of rotatable bonds is 52. The Morgan fingerprint density at radius 1 is 0.302 bits per heavy atom. The molecule has 0 spiro atoms. The Labute approximate surface area is 393 Å². The van der Waals surface area contributed by atoms with Crippen molar-refractivity contribution in [2.45, 2.75) is 329 Å². The molecule has 0 saturated carbocycles. The lowest BCUT2D eigenvalue weighted by Gasteiger charge is -2.18. The minimum atomic E-state index is -0.761. The summed E-state index contributed by atoms with van der Waals surface area (Å²) in [6.07, 6.45) is 55.2. The van der Waals surface area contributed by atoms with Crippen molar-refractivity contribution < 1.29 is 28.6 Å². The normalized spacial score (nSPS) is 12.0. The van der Waals surface area contributed by atoms with E-state index in [1.807, 2.05) is 0 Å². The molecular formula is C57H110O6. The van der Waals surface area contributed by atoms with Gasteiger partial charge in [-0.25, -0.2) is 0 Å². The second kappa shape index (κ2) is 51.4. The number of esters is 3. The topological polar surface area (TPSA) is 78.9 Å². The van der Waals surface area contributed by atoms with Crippen LogP contribution in [0.2, 0.25) is 0 Å². The molecular weight excluding hydrogens is 781 g/mol. The van der Waals surface area contributed by atoms with Crippen LogP contribution in [-0.4, -0.2) is 37.2 Å². The van der Waals surface area contributed by atoms with Crippen molar-refractivity contribution in [3.05, 3.63) is 0 Å². The molecule has 0 radical (unpaired) electrons. The summed E-state index contributed by atoms with van der Waals surface area (Å²) >= 11 is 0. The quantitative estimate of drug-likeness (QED) is 0.0344. The van der Waals surface area contributed by atoms with Gasteiger partial charge in [-0.1, -0.05) is 285 Å². The van der Waals surface area contributed by atoms with Gasteiger partial charge in [0.05, 0.1) is 0 Å². The smallest absolute Gasteiger partial charge is 0.306 e. The van der Waals surface area contributed by atoms with Crippen LogP contribution in [0.4, 0.5) is 0 Å². The molecule has 0 N–H and O–H groups in total. The third-order valence-corrected chi connectivity index (χ3v) is 13.0. The van der Waals surface area contributed by atoms with Gasteiger partial charge in [-0.05, 0) is 25.2 Å². The monoisotopic (exact) mass is 891 g/mol. The maximum Gasteiger partial charge on any atom is 0.306 e. The molecule has 0 unspecified atom stereocenters. The molecule has 1 atom stereocenters. The Morgan fingerprint density at radius 2 is 0.524 bits per heavy atom. The van der Waals surface area contributed by atoms with E-state index >= 15 is 0 Å². The summed E-state index contributed by atoms with van der Waals surface area (Å²) in [4.78, 5) is 38.0. The molecule has 0 fully saturated rings. The second-order valence-electron chi connectivity index (χ2n) is 20.1. The van der Waals surface area contributed by atoms with Gasteiger partial charge in [0.1, 0.15) is 13.2 Å². The van der Waals surface area contributed by atoms with Gasteiger partial charge >= 0.3 is 17.9 Å². The van der Waals surface area contributed by atoms with Crippen LogP contribution in [0, 0.1) is 5.92 Å². The Bertz CT molecular complexity index is 949. The molecule has 374 valence electrons. The van der Waals surface area contributed by atoms with Crippen molar-refractivity contribution >= 4 is 17.9 Å². The molecule has 0 rings (SSSR count). The summed E-state index contributed by atoms with van der Waals surface area (Å²) < 4.78 is 16.9. The number of hydrogen-bond donors (Lipinski definition) is 0. The standard InChI is InChI=1S/C57H110O6/c1-5-7-9-11-13-15-17-18-19-23-27-30-34-38-42-46-50-57(60)63-54(51-61-55(58)48-44-40-36-32-16-14-12-10-8-6-2)52-62-56(59)49-45-41-37-33-29-26-24-21-20-22-25-28-31-35-39-43-47-53(3)4/h53-54H,5-52H2,1-4H3/t54-/m1/s1. The maximum absolute atomic E-state index is 12.8. The molecule has 0 saturated heterocycles. The predicted molar refractivity (Wildman–Crippen MR) is 270 cm³/mol. The van der Waals surface area contributed by atoms with Gasteiger partial charge in [0, 0.05) is 19.3 Å². The molecule has 0 aromatic heterocycles. The molecule has 6 nitrogen and oxygen atoms in total. The Hall–Kier alpha value is -1.59. The number of hydrogen-bond acceptors (Lipinski definition) is 6. The molecule has 0 bridgehead atoms. The Kier molecular flexibility index (Phi) is 50.1. The van der Waals surface area contributed by atoms with E-state index in [1.165, 1.54) is 218 Å². The fourth-order valence-electron chi connectivity index (χ4n) is 8.75. The molecule has 0 aliphatic rings. The average Bonchev–Trinajstić information content (AvgIpc) is 3.27. The summed E-state index contributed by atoms with van der Waals surface area (Å²) in [5.74, 6) is 0.0145. The van der Waals surface area contributed by atoms with Crippen molar-refractivity contribution in [3.8, 4) is 0 Å². The first-order chi connectivity index (χ1) is 30.9. The fraction of sp³-hybridized carbons (Fsp3) is 0.947. The Balaban J connectivity index is 4.23. The van der Waals surface area contributed by atoms with Crippen molar-refractivity contribution in [2.24, 2.45) is 5.92 Å². The van der Waals surface area contributed by atoms with Crippen LogP contribution in [0.1, 0.15) is 323 Å². The molecule has 0 heterocycles. The zero-order valence-electron chi connectivity index (χ0n) is 43.0. The van der Waals surface area contributed by atoms with Crippen molar-refractivity contribution in [2.75, 3.05) is 13.2 Å². The van der Waals surface area contributed by atoms with Crippen LogP contribution < -0.4 is 0 Å². The summed E-state index contributed by atoms with van der Waals surface area (Å²) in [5.41, 5.74) is 0. The van der Waals surface area contributed by atoms with E-state index in [1.54, 1.807) is 0 Å². The molecule has 0 amide bonds. The van der Waals surface area contributed by atoms with Gasteiger partial charge < -0.3 is 14.2 Å². The van der Waals surface area contributed by atoms with Gasteiger partial charge in [-0.3, -0.25) is 14.4 Å². The van der Waals surface area contributed by atoms with Crippen LogP contribution in [0.5, 0.6) is 0 Å². The number of carbonyl (C=O) groups is 3. The minimum Gasteiger partial charge on any atom is -0.462 e. The first-order valence-electron chi connectivity index (χ1n) is 28.4. The van der Waals surface area contributed by atoms with E-state index in [0.717, 1.165) is 63.7 Å².